The fourth-order valence-electron chi connectivity index (χ4n) is 3.15. The van der Waals surface area contributed by atoms with Gasteiger partial charge in [-0.15, -0.1) is 0 Å². The maximum Gasteiger partial charge on any atom is 0.313 e. The lowest BCUT2D eigenvalue weighted by atomic mass is 10.0. The number of hydrogen-bond donors (Lipinski definition) is 2. The highest BCUT2D eigenvalue weighted by molar-refractivity contribution is 6.39. The summed E-state index contributed by atoms with van der Waals surface area (Å²) in [5.41, 5.74) is 2.25. The molecular formula is C23H19N3O2. The summed E-state index contributed by atoms with van der Waals surface area (Å²) in [5.74, 6) is -1.40. The van der Waals surface area contributed by atoms with Gasteiger partial charge in [0, 0.05) is 5.39 Å². The standard InChI is InChI=1S/C23H19N3O2/c1-15(17-11-10-16-6-2-3-7-18(16)12-17)25-22(27)23(28)26-20-13-19-8-4-5-9-21(19)24-14-20/h2-15H,1H3,(H,25,27)(H,26,28)/t15-/m0/s1. The minimum Gasteiger partial charge on any atom is -0.341 e. The van der Waals surface area contributed by atoms with Gasteiger partial charge in [0.25, 0.3) is 0 Å². The number of carbonyl (C=O) groups excluding carboxylic acids is 2. The van der Waals surface area contributed by atoms with Crippen molar-refractivity contribution in [3.05, 3.63) is 84.6 Å². The maximum atomic E-state index is 12.3. The molecule has 1 heterocycles. The number of fused-ring (bicyclic) bond motifs is 2. The third-order valence-electron chi connectivity index (χ3n) is 4.68. The Morgan fingerprint density at radius 2 is 1.54 bits per heavy atom. The number of pyridine rings is 1. The van der Waals surface area contributed by atoms with E-state index in [4.69, 9.17) is 0 Å². The van der Waals surface area contributed by atoms with Crippen molar-refractivity contribution in [3.63, 3.8) is 0 Å². The average Bonchev–Trinajstić information content (AvgIpc) is 2.73. The van der Waals surface area contributed by atoms with Crippen LogP contribution in [0.25, 0.3) is 21.7 Å². The van der Waals surface area contributed by atoms with Crippen molar-refractivity contribution in [1.29, 1.82) is 0 Å². The van der Waals surface area contributed by atoms with E-state index in [1.807, 2.05) is 73.7 Å². The quantitative estimate of drug-likeness (QED) is 0.532. The lowest BCUT2D eigenvalue weighted by Crippen LogP contribution is -2.36. The number of rotatable bonds is 3. The van der Waals surface area contributed by atoms with E-state index in [-0.39, 0.29) is 6.04 Å². The molecule has 2 N–H and O–H groups in total. The van der Waals surface area contributed by atoms with Crippen LogP contribution in [0.3, 0.4) is 0 Å². The molecule has 0 aliphatic heterocycles. The molecule has 0 bridgehead atoms. The van der Waals surface area contributed by atoms with Gasteiger partial charge in [-0.05, 0) is 41.5 Å². The number of hydrogen-bond acceptors (Lipinski definition) is 3. The number of carbonyl (C=O) groups is 2. The Morgan fingerprint density at radius 3 is 2.36 bits per heavy atom. The molecule has 4 rings (SSSR count). The number of benzene rings is 3. The monoisotopic (exact) mass is 369 g/mol. The van der Waals surface area contributed by atoms with Crippen LogP contribution >= 0.6 is 0 Å². The van der Waals surface area contributed by atoms with Crippen LogP contribution in [0.5, 0.6) is 0 Å². The number of nitrogens with zero attached hydrogens (tertiary/aromatic N) is 1. The lowest BCUT2D eigenvalue weighted by Gasteiger charge is -2.15. The molecule has 0 aliphatic carbocycles. The van der Waals surface area contributed by atoms with E-state index in [2.05, 4.69) is 15.6 Å². The normalized spacial score (nSPS) is 11.9. The molecule has 1 atom stereocenters. The van der Waals surface area contributed by atoms with Gasteiger partial charge in [0.05, 0.1) is 23.4 Å². The van der Waals surface area contributed by atoms with Crippen LogP contribution < -0.4 is 10.6 Å². The predicted molar refractivity (Wildman–Crippen MR) is 111 cm³/mol. The summed E-state index contributed by atoms with van der Waals surface area (Å²) < 4.78 is 0. The summed E-state index contributed by atoms with van der Waals surface area (Å²) in [5, 5.41) is 8.47. The summed E-state index contributed by atoms with van der Waals surface area (Å²) in [6.45, 7) is 1.85. The van der Waals surface area contributed by atoms with Crippen LogP contribution in [-0.4, -0.2) is 16.8 Å². The zero-order chi connectivity index (χ0) is 19.5. The summed E-state index contributed by atoms with van der Waals surface area (Å²) in [7, 11) is 0. The molecule has 0 radical (unpaired) electrons. The second-order valence-electron chi connectivity index (χ2n) is 6.67. The zero-order valence-corrected chi connectivity index (χ0v) is 15.3. The Labute approximate surface area is 162 Å². The molecule has 1 aromatic heterocycles. The molecule has 2 amide bonds. The van der Waals surface area contributed by atoms with Crippen LogP contribution in [-0.2, 0) is 9.59 Å². The van der Waals surface area contributed by atoms with Gasteiger partial charge < -0.3 is 10.6 Å². The molecule has 5 nitrogen and oxygen atoms in total. The Morgan fingerprint density at radius 1 is 0.821 bits per heavy atom. The lowest BCUT2D eigenvalue weighted by molar-refractivity contribution is -0.136. The first-order valence-electron chi connectivity index (χ1n) is 9.05. The van der Waals surface area contributed by atoms with E-state index in [0.29, 0.717) is 5.69 Å². The maximum absolute atomic E-state index is 12.3. The fraction of sp³-hybridized carbons (Fsp3) is 0.0870. The highest BCUT2D eigenvalue weighted by atomic mass is 16.2. The van der Waals surface area contributed by atoms with E-state index in [1.54, 1.807) is 12.3 Å². The molecule has 0 spiro atoms. The number of aromatic nitrogens is 1. The SMILES string of the molecule is C[C@H](NC(=O)C(=O)Nc1cnc2ccccc2c1)c1ccc2ccccc2c1. The van der Waals surface area contributed by atoms with Crippen LogP contribution in [0.4, 0.5) is 5.69 Å². The Bertz CT molecular complexity index is 1190. The highest BCUT2D eigenvalue weighted by Gasteiger charge is 2.17. The fourth-order valence-corrected chi connectivity index (χ4v) is 3.15. The summed E-state index contributed by atoms with van der Waals surface area (Å²) in [6, 6.07) is 23.1. The third kappa shape index (κ3) is 3.69. The van der Waals surface area contributed by atoms with Gasteiger partial charge in [0.15, 0.2) is 0 Å². The first-order chi connectivity index (χ1) is 13.6. The van der Waals surface area contributed by atoms with Gasteiger partial charge in [0.1, 0.15) is 0 Å². The molecule has 28 heavy (non-hydrogen) atoms. The van der Waals surface area contributed by atoms with E-state index < -0.39 is 11.8 Å². The average molecular weight is 369 g/mol. The molecular weight excluding hydrogens is 350 g/mol. The molecule has 0 unspecified atom stereocenters. The summed E-state index contributed by atoms with van der Waals surface area (Å²) in [6.07, 6.45) is 1.54. The zero-order valence-electron chi connectivity index (χ0n) is 15.3. The molecule has 4 aromatic rings. The molecule has 3 aromatic carbocycles. The molecule has 0 saturated heterocycles. The Kier molecular flexibility index (Phi) is 4.72. The molecule has 0 saturated carbocycles. The van der Waals surface area contributed by atoms with Crippen molar-refractivity contribution >= 4 is 39.2 Å². The molecule has 0 aliphatic rings. The number of amides is 2. The van der Waals surface area contributed by atoms with E-state index in [0.717, 1.165) is 27.2 Å². The Balaban J connectivity index is 1.44. The van der Waals surface area contributed by atoms with Gasteiger partial charge in [0.2, 0.25) is 0 Å². The minimum absolute atomic E-state index is 0.294. The largest absolute Gasteiger partial charge is 0.341 e. The Hall–Kier alpha value is -3.73. The predicted octanol–water partition coefficient (Wildman–Crippen LogP) is 4.20. The van der Waals surface area contributed by atoms with Crippen molar-refractivity contribution in [2.45, 2.75) is 13.0 Å². The smallest absolute Gasteiger partial charge is 0.313 e. The first-order valence-corrected chi connectivity index (χ1v) is 9.05. The first kappa shape index (κ1) is 17.7. The molecule has 138 valence electrons. The van der Waals surface area contributed by atoms with Crippen molar-refractivity contribution in [1.82, 2.24) is 10.3 Å². The van der Waals surface area contributed by atoms with Crippen molar-refractivity contribution < 1.29 is 9.59 Å². The van der Waals surface area contributed by atoms with Crippen LogP contribution in [0.2, 0.25) is 0 Å². The third-order valence-corrected chi connectivity index (χ3v) is 4.68. The van der Waals surface area contributed by atoms with Gasteiger partial charge in [-0.1, -0.05) is 54.6 Å². The molecule has 0 fully saturated rings. The van der Waals surface area contributed by atoms with Gasteiger partial charge in [-0.25, -0.2) is 0 Å². The number of nitrogens with one attached hydrogen (secondary N) is 2. The van der Waals surface area contributed by atoms with Gasteiger partial charge in [-0.3, -0.25) is 14.6 Å². The second kappa shape index (κ2) is 7.48. The summed E-state index contributed by atoms with van der Waals surface area (Å²) >= 11 is 0. The van der Waals surface area contributed by atoms with Gasteiger partial charge >= 0.3 is 11.8 Å². The number of anilines is 1. The van der Waals surface area contributed by atoms with Gasteiger partial charge in [-0.2, -0.15) is 0 Å². The topological polar surface area (TPSA) is 71.1 Å². The van der Waals surface area contributed by atoms with E-state index in [1.165, 1.54) is 0 Å². The van der Waals surface area contributed by atoms with E-state index in [9.17, 15) is 9.59 Å². The van der Waals surface area contributed by atoms with Crippen LogP contribution in [0, 0.1) is 0 Å². The van der Waals surface area contributed by atoms with Crippen LogP contribution in [0.15, 0.2) is 79.0 Å². The second-order valence-corrected chi connectivity index (χ2v) is 6.67. The van der Waals surface area contributed by atoms with Crippen molar-refractivity contribution in [2.24, 2.45) is 0 Å². The minimum atomic E-state index is -0.718. The highest BCUT2D eigenvalue weighted by Crippen LogP contribution is 2.20. The van der Waals surface area contributed by atoms with Crippen molar-refractivity contribution in [2.75, 3.05) is 5.32 Å². The number of para-hydroxylation sites is 1. The summed E-state index contributed by atoms with van der Waals surface area (Å²) in [4.78, 5) is 28.9. The molecule has 5 heteroatoms. The van der Waals surface area contributed by atoms with Crippen molar-refractivity contribution in [3.8, 4) is 0 Å². The van der Waals surface area contributed by atoms with E-state index >= 15 is 0 Å². The van der Waals surface area contributed by atoms with Crippen LogP contribution in [0.1, 0.15) is 18.5 Å².